The van der Waals surface area contributed by atoms with E-state index in [1.54, 1.807) is 0 Å². The Morgan fingerprint density at radius 1 is 1.47 bits per heavy atom. The first kappa shape index (κ1) is 10.5. The predicted octanol–water partition coefficient (Wildman–Crippen LogP) is 2.45. The van der Waals surface area contributed by atoms with Crippen molar-refractivity contribution in [1.82, 2.24) is 9.97 Å². The van der Waals surface area contributed by atoms with E-state index in [-0.39, 0.29) is 22.5 Å². The van der Waals surface area contributed by atoms with Gasteiger partial charge in [-0.2, -0.15) is 0 Å². The first-order chi connectivity index (χ1) is 7.16. The fraction of sp³-hybridized carbons (Fsp3) is 0.500. The number of aromatic nitrogens is 2. The van der Waals surface area contributed by atoms with E-state index < -0.39 is 6.17 Å². The third kappa shape index (κ3) is 2.31. The molecule has 1 aromatic rings. The number of hydrogen-bond donors (Lipinski definition) is 0. The van der Waals surface area contributed by atoms with Crippen LogP contribution in [0.4, 0.5) is 4.39 Å². The van der Waals surface area contributed by atoms with E-state index in [1.165, 1.54) is 12.4 Å². The first-order valence-electron chi connectivity index (χ1n) is 4.82. The first-order valence-corrected chi connectivity index (χ1v) is 5.20. The summed E-state index contributed by atoms with van der Waals surface area (Å²) < 4.78 is 12.9. The topological polar surface area (TPSA) is 42.9 Å². The largest absolute Gasteiger partial charge is 0.292 e. The van der Waals surface area contributed by atoms with Gasteiger partial charge in [-0.15, -0.1) is 0 Å². The molecule has 2 atom stereocenters. The average molecular weight is 229 g/mol. The molecule has 0 amide bonds. The lowest BCUT2D eigenvalue weighted by Gasteiger charge is -2.06. The number of carbonyl (C=O) groups excluding carboxylic acids is 1. The summed E-state index contributed by atoms with van der Waals surface area (Å²) in [6.07, 6.45) is 3.24. The number of nitrogens with zero attached hydrogens (tertiary/aromatic N) is 2. The fourth-order valence-corrected chi connectivity index (χ4v) is 1.98. The molecule has 0 bridgehead atoms. The van der Waals surface area contributed by atoms with Gasteiger partial charge in [-0.1, -0.05) is 11.6 Å². The van der Waals surface area contributed by atoms with Gasteiger partial charge in [0, 0.05) is 5.92 Å². The van der Waals surface area contributed by atoms with Crippen LogP contribution in [0.5, 0.6) is 0 Å². The number of hydrogen-bond acceptors (Lipinski definition) is 3. The van der Waals surface area contributed by atoms with Gasteiger partial charge in [0.05, 0.1) is 12.4 Å². The number of rotatable bonds is 2. The average Bonchev–Trinajstić information content (AvgIpc) is 2.64. The lowest BCUT2D eigenvalue weighted by atomic mass is 10.0. The van der Waals surface area contributed by atoms with E-state index in [1.807, 2.05) is 0 Å². The Kier molecular flexibility index (Phi) is 2.95. The Hall–Kier alpha value is -1.03. The lowest BCUT2D eigenvalue weighted by molar-refractivity contribution is 0.0912. The van der Waals surface area contributed by atoms with Crippen molar-refractivity contribution in [3.63, 3.8) is 0 Å². The molecule has 0 spiro atoms. The maximum atomic E-state index is 12.9. The highest BCUT2D eigenvalue weighted by Gasteiger charge is 2.31. The molecule has 1 heterocycles. The Bertz CT molecular complexity index is 385. The van der Waals surface area contributed by atoms with E-state index in [0.717, 1.165) is 0 Å². The van der Waals surface area contributed by atoms with Crippen LogP contribution in [0.25, 0.3) is 0 Å². The zero-order valence-electron chi connectivity index (χ0n) is 7.99. The van der Waals surface area contributed by atoms with Gasteiger partial charge < -0.3 is 0 Å². The molecule has 15 heavy (non-hydrogen) atoms. The predicted molar refractivity (Wildman–Crippen MR) is 53.6 cm³/mol. The van der Waals surface area contributed by atoms with Crippen LogP contribution in [0.2, 0.25) is 5.15 Å². The molecular formula is C10H10ClFN2O. The van der Waals surface area contributed by atoms with Gasteiger partial charge in [-0.3, -0.25) is 9.78 Å². The number of halogens is 2. The fourth-order valence-electron chi connectivity index (χ4n) is 1.83. The maximum Gasteiger partial charge on any atom is 0.185 e. The van der Waals surface area contributed by atoms with Crippen molar-refractivity contribution >= 4 is 17.4 Å². The van der Waals surface area contributed by atoms with Crippen molar-refractivity contribution in [2.75, 3.05) is 0 Å². The summed E-state index contributed by atoms with van der Waals surface area (Å²) in [4.78, 5) is 19.5. The summed E-state index contributed by atoms with van der Waals surface area (Å²) in [5, 5.41) is 0.190. The summed E-state index contributed by atoms with van der Waals surface area (Å²) in [6, 6.07) is 0. The molecule has 5 heteroatoms. The summed E-state index contributed by atoms with van der Waals surface area (Å²) in [6.45, 7) is 0. The summed E-state index contributed by atoms with van der Waals surface area (Å²) >= 11 is 5.62. The number of ketones is 1. The lowest BCUT2D eigenvalue weighted by Crippen LogP contribution is -2.14. The van der Waals surface area contributed by atoms with Crippen molar-refractivity contribution in [2.45, 2.75) is 25.4 Å². The minimum absolute atomic E-state index is 0.148. The smallest absolute Gasteiger partial charge is 0.185 e. The van der Waals surface area contributed by atoms with Gasteiger partial charge in [0.15, 0.2) is 5.78 Å². The zero-order valence-corrected chi connectivity index (χ0v) is 8.75. The molecule has 0 N–H and O–H groups in total. The van der Waals surface area contributed by atoms with E-state index in [9.17, 15) is 9.18 Å². The van der Waals surface area contributed by atoms with E-state index >= 15 is 0 Å². The molecule has 0 aliphatic heterocycles. The Labute approximate surface area is 91.7 Å². The number of carbonyl (C=O) groups is 1. The molecule has 1 aromatic heterocycles. The number of alkyl halides is 1. The molecule has 1 fully saturated rings. The second-order valence-electron chi connectivity index (χ2n) is 3.70. The van der Waals surface area contributed by atoms with Crippen molar-refractivity contribution in [1.29, 1.82) is 0 Å². The molecule has 0 aromatic carbocycles. The third-order valence-electron chi connectivity index (χ3n) is 2.60. The molecule has 3 nitrogen and oxygen atoms in total. The Balaban J connectivity index is 2.14. The molecule has 1 saturated carbocycles. The van der Waals surface area contributed by atoms with Crippen LogP contribution >= 0.6 is 11.6 Å². The van der Waals surface area contributed by atoms with Gasteiger partial charge in [0.2, 0.25) is 0 Å². The highest BCUT2D eigenvalue weighted by molar-refractivity contribution is 6.29. The second kappa shape index (κ2) is 4.23. The molecule has 2 rings (SSSR count). The standard InChI is InChI=1S/C10H10ClFN2O/c11-9-5-13-4-8(14-9)10(15)6-1-2-7(12)3-6/h4-7H,1-3H2/t6?,7-/m0/s1. The van der Waals surface area contributed by atoms with Crippen molar-refractivity contribution in [3.05, 3.63) is 23.2 Å². The Morgan fingerprint density at radius 2 is 2.27 bits per heavy atom. The van der Waals surface area contributed by atoms with E-state index in [4.69, 9.17) is 11.6 Å². The van der Waals surface area contributed by atoms with Crippen LogP contribution in [-0.4, -0.2) is 21.9 Å². The molecule has 0 saturated heterocycles. The minimum Gasteiger partial charge on any atom is -0.292 e. The molecule has 1 aliphatic carbocycles. The quantitative estimate of drug-likeness (QED) is 0.731. The van der Waals surface area contributed by atoms with Crippen molar-refractivity contribution in [3.8, 4) is 0 Å². The number of Topliss-reactive ketones (excluding diaryl/α,β-unsaturated/α-hetero) is 1. The summed E-state index contributed by atoms with van der Waals surface area (Å²) in [7, 11) is 0. The van der Waals surface area contributed by atoms with Crippen LogP contribution in [0.1, 0.15) is 29.8 Å². The van der Waals surface area contributed by atoms with Crippen molar-refractivity contribution < 1.29 is 9.18 Å². The third-order valence-corrected chi connectivity index (χ3v) is 2.78. The highest BCUT2D eigenvalue weighted by Crippen LogP contribution is 2.30. The maximum absolute atomic E-state index is 12.9. The molecular weight excluding hydrogens is 219 g/mol. The van der Waals surface area contributed by atoms with Gasteiger partial charge in [0.1, 0.15) is 17.0 Å². The molecule has 1 aliphatic rings. The van der Waals surface area contributed by atoms with Gasteiger partial charge in [0.25, 0.3) is 0 Å². The van der Waals surface area contributed by atoms with Crippen LogP contribution in [0.15, 0.2) is 12.4 Å². The van der Waals surface area contributed by atoms with E-state index in [2.05, 4.69) is 9.97 Å². The van der Waals surface area contributed by atoms with Crippen molar-refractivity contribution in [2.24, 2.45) is 5.92 Å². The minimum atomic E-state index is -0.855. The SMILES string of the molecule is O=C(c1cncc(Cl)n1)C1CC[C@H](F)C1. The van der Waals surface area contributed by atoms with Gasteiger partial charge >= 0.3 is 0 Å². The van der Waals surface area contributed by atoms with Gasteiger partial charge in [-0.05, 0) is 19.3 Å². The highest BCUT2D eigenvalue weighted by atomic mass is 35.5. The second-order valence-corrected chi connectivity index (χ2v) is 4.09. The van der Waals surface area contributed by atoms with Gasteiger partial charge in [-0.25, -0.2) is 9.37 Å². The molecule has 0 radical (unpaired) electrons. The van der Waals surface area contributed by atoms with E-state index in [0.29, 0.717) is 19.3 Å². The van der Waals surface area contributed by atoms with Crippen LogP contribution in [0.3, 0.4) is 0 Å². The summed E-state index contributed by atoms with van der Waals surface area (Å²) in [5.74, 6) is -0.405. The van der Waals surface area contributed by atoms with Crippen LogP contribution < -0.4 is 0 Å². The Morgan fingerprint density at radius 3 is 2.87 bits per heavy atom. The molecule has 80 valence electrons. The van der Waals surface area contributed by atoms with Crippen LogP contribution in [-0.2, 0) is 0 Å². The normalized spacial score (nSPS) is 25.5. The summed E-state index contributed by atoms with van der Waals surface area (Å²) in [5.41, 5.74) is 0.238. The zero-order chi connectivity index (χ0) is 10.8. The monoisotopic (exact) mass is 228 g/mol. The van der Waals surface area contributed by atoms with Crippen LogP contribution in [0, 0.1) is 5.92 Å². The molecule has 1 unspecified atom stereocenters.